The van der Waals surface area contributed by atoms with Gasteiger partial charge in [0.25, 0.3) is 5.91 Å². The third-order valence-corrected chi connectivity index (χ3v) is 5.75. The average Bonchev–Trinajstić information content (AvgIpc) is 2.92. The van der Waals surface area contributed by atoms with Crippen LogP contribution in [0.4, 0.5) is 0 Å². The van der Waals surface area contributed by atoms with E-state index in [1.165, 1.54) is 0 Å². The monoisotopic (exact) mass is 456 g/mol. The largest absolute Gasteiger partial charge is 0.272 e. The molecule has 0 fully saturated rings. The Kier molecular flexibility index (Phi) is 6.67. The van der Waals surface area contributed by atoms with E-state index in [-0.39, 0.29) is 5.91 Å². The van der Waals surface area contributed by atoms with E-state index in [0.29, 0.717) is 24.1 Å². The highest BCUT2D eigenvalue weighted by Crippen LogP contribution is 2.24. The lowest BCUT2D eigenvalue weighted by molar-refractivity contribution is 0.0956. The lowest BCUT2D eigenvalue weighted by Crippen LogP contribution is -2.22. The van der Waals surface area contributed by atoms with Crippen LogP contribution in [0.3, 0.4) is 0 Å². The minimum Gasteiger partial charge on any atom is -0.267 e. The normalized spacial score (nSPS) is 10.6. The van der Waals surface area contributed by atoms with Crippen molar-refractivity contribution in [3.63, 3.8) is 0 Å². The minimum atomic E-state index is -0.266. The number of carbonyl (C=O) groups is 1. The van der Waals surface area contributed by atoms with Crippen molar-refractivity contribution in [3.05, 3.63) is 132 Å². The van der Waals surface area contributed by atoms with Crippen LogP contribution in [0.2, 0.25) is 0 Å². The topological polar surface area (TPSA) is 67.2 Å². The van der Waals surface area contributed by atoms with E-state index in [9.17, 15) is 4.79 Å². The molecule has 0 aliphatic heterocycles. The number of amides is 1. The average molecular weight is 457 g/mol. The highest BCUT2D eigenvalue weighted by Gasteiger charge is 2.14. The molecule has 0 spiro atoms. The molecule has 5 nitrogen and oxygen atoms in total. The fourth-order valence-corrected chi connectivity index (χ4v) is 4.03. The van der Waals surface area contributed by atoms with Gasteiger partial charge in [0.15, 0.2) is 0 Å². The Hall–Kier alpha value is -4.64. The summed E-state index contributed by atoms with van der Waals surface area (Å²) in [6, 6.07) is 33.5. The molecule has 2 heterocycles. The lowest BCUT2D eigenvalue weighted by Gasteiger charge is -2.11. The Balaban J connectivity index is 1.47. The summed E-state index contributed by atoms with van der Waals surface area (Å²) in [6.45, 7) is 0. The first-order valence-electron chi connectivity index (χ1n) is 11.5. The number of hydrogen-bond acceptors (Lipinski definition) is 4. The van der Waals surface area contributed by atoms with Crippen LogP contribution in [-0.2, 0) is 12.8 Å². The SMILES string of the molecule is O=C(NN=C(Cc1ccccc1)Cc1ccccc1)c1cc(-c2ccncc2)nc2ccccc12. The molecule has 0 saturated heterocycles. The molecule has 0 saturated carbocycles. The van der Waals surface area contributed by atoms with Crippen LogP contribution in [0.5, 0.6) is 0 Å². The summed E-state index contributed by atoms with van der Waals surface area (Å²) in [7, 11) is 0. The van der Waals surface area contributed by atoms with Crippen LogP contribution in [0.25, 0.3) is 22.2 Å². The summed E-state index contributed by atoms with van der Waals surface area (Å²) < 4.78 is 0. The number of nitrogens with zero attached hydrogens (tertiary/aromatic N) is 3. The van der Waals surface area contributed by atoms with Gasteiger partial charge in [-0.05, 0) is 35.4 Å². The predicted octanol–water partition coefficient (Wildman–Crippen LogP) is 5.87. The Morgan fingerprint density at radius 1 is 0.743 bits per heavy atom. The summed E-state index contributed by atoms with van der Waals surface area (Å²) in [4.78, 5) is 22.2. The molecule has 0 radical (unpaired) electrons. The fourth-order valence-electron chi connectivity index (χ4n) is 4.03. The number of rotatable bonds is 7. The zero-order chi connectivity index (χ0) is 23.9. The van der Waals surface area contributed by atoms with Crippen LogP contribution >= 0.6 is 0 Å². The molecule has 35 heavy (non-hydrogen) atoms. The molecule has 0 unspecified atom stereocenters. The molecule has 0 atom stereocenters. The van der Waals surface area contributed by atoms with Gasteiger partial charge in [0.2, 0.25) is 0 Å². The first-order chi connectivity index (χ1) is 17.3. The van der Waals surface area contributed by atoms with Crippen LogP contribution in [0.15, 0.2) is 121 Å². The number of nitrogens with one attached hydrogen (secondary N) is 1. The molecule has 5 heteroatoms. The van der Waals surface area contributed by atoms with Crippen molar-refractivity contribution in [2.45, 2.75) is 12.8 Å². The molecule has 2 aromatic heterocycles. The molecule has 3 aromatic carbocycles. The second-order valence-electron chi connectivity index (χ2n) is 8.25. The summed E-state index contributed by atoms with van der Waals surface area (Å²) in [5.41, 5.74) is 8.89. The molecule has 0 bridgehead atoms. The molecule has 5 rings (SSSR count). The second kappa shape index (κ2) is 10.5. The number of fused-ring (bicyclic) bond motifs is 1. The third kappa shape index (κ3) is 5.47. The van der Waals surface area contributed by atoms with Crippen LogP contribution < -0.4 is 5.43 Å². The lowest BCUT2D eigenvalue weighted by atomic mass is 10.0. The van der Waals surface area contributed by atoms with Gasteiger partial charge in [0.1, 0.15) is 0 Å². The van der Waals surface area contributed by atoms with Crippen molar-refractivity contribution in [2.75, 3.05) is 0 Å². The summed E-state index contributed by atoms with van der Waals surface area (Å²) >= 11 is 0. The van der Waals surface area contributed by atoms with Crippen molar-refractivity contribution >= 4 is 22.5 Å². The van der Waals surface area contributed by atoms with Gasteiger partial charge < -0.3 is 0 Å². The maximum atomic E-state index is 13.4. The van der Waals surface area contributed by atoms with Crippen molar-refractivity contribution in [1.29, 1.82) is 0 Å². The standard InChI is InChI=1S/C30H24N4O/c35-30(27-21-29(24-15-17-31-18-16-24)32-28-14-8-7-13-26(27)28)34-33-25(19-22-9-3-1-4-10-22)20-23-11-5-2-6-12-23/h1-18,21H,19-20H2,(H,34,35). The Morgan fingerprint density at radius 3 is 2.00 bits per heavy atom. The summed E-state index contributed by atoms with van der Waals surface area (Å²) in [5.74, 6) is -0.266. The molecule has 0 aliphatic carbocycles. The van der Waals surface area contributed by atoms with E-state index in [1.807, 2.05) is 78.9 Å². The first kappa shape index (κ1) is 22.2. The van der Waals surface area contributed by atoms with Gasteiger partial charge in [-0.15, -0.1) is 0 Å². The Morgan fingerprint density at radius 2 is 1.34 bits per heavy atom. The van der Waals surface area contributed by atoms with Gasteiger partial charge in [-0.3, -0.25) is 9.78 Å². The molecule has 1 amide bonds. The van der Waals surface area contributed by atoms with Crippen LogP contribution in [-0.4, -0.2) is 21.6 Å². The number of pyridine rings is 2. The second-order valence-corrected chi connectivity index (χ2v) is 8.25. The quantitative estimate of drug-likeness (QED) is 0.246. The number of hydrazone groups is 1. The van der Waals surface area contributed by atoms with Crippen LogP contribution in [0, 0.1) is 0 Å². The molecule has 5 aromatic rings. The minimum absolute atomic E-state index is 0.266. The highest BCUT2D eigenvalue weighted by molar-refractivity contribution is 6.07. The molecule has 0 aliphatic rings. The van der Waals surface area contributed by atoms with Gasteiger partial charge >= 0.3 is 0 Å². The zero-order valence-corrected chi connectivity index (χ0v) is 19.1. The van der Waals surface area contributed by atoms with Crippen LogP contribution in [0.1, 0.15) is 21.5 Å². The van der Waals surface area contributed by atoms with Crippen molar-refractivity contribution in [3.8, 4) is 11.3 Å². The van der Waals surface area contributed by atoms with E-state index in [1.54, 1.807) is 12.4 Å². The van der Waals surface area contributed by atoms with Gasteiger partial charge in [0, 0.05) is 41.9 Å². The van der Waals surface area contributed by atoms with Gasteiger partial charge in [-0.25, -0.2) is 10.4 Å². The van der Waals surface area contributed by atoms with Gasteiger partial charge in [-0.2, -0.15) is 5.10 Å². The number of aromatic nitrogens is 2. The summed E-state index contributed by atoms with van der Waals surface area (Å²) in [6.07, 6.45) is 4.73. The zero-order valence-electron chi connectivity index (χ0n) is 19.1. The van der Waals surface area contributed by atoms with E-state index in [0.717, 1.165) is 33.3 Å². The smallest absolute Gasteiger partial charge is 0.267 e. The van der Waals surface area contributed by atoms with Crippen molar-refractivity contribution in [1.82, 2.24) is 15.4 Å². The number of para-hydroxylation sites is 1. The van der Waals surface area contributed by atoms with Crippen molar-refractivity contribution in [2.24, 2.45) is 5.10 Å². The van der Waals surface area contributed by atoms with E-state index < -0.39 is 0 Å². The van der Waals surface area contributed by atoms with Gasteiger partial charge in [-0.1, -0.05) is 78.9 Å². The van der Waals surface area contributed by atoms with Gasteiger partial charge in [0.05, 0.1) is 16.8 Å². The Bertz CT molecular complexity index is 1420. The van der Waals surface area contributed by atoms with E-state index in [4.69, 9.17) is 4.98 Å². The Labute approximate surface area is 204 Å². The molecule has 1 N–H and O–H groups in total. The van der Waals surface area contributed by atoms with Crippen molar-refractivity contribution < 1.29 is 4.79 Å². The molecular weight excluding hydrogens is 432 g/mol. The van der Waals surface area contributed by atoms with E-state index in [2.05, 4.69) is 39.8 Å². The highest BCUT2D eigenvalue weighted by atomic mass is 16.2. The molecular formula is C30H24N4O. The third-order valence-electron chi connectivity index (χ3n) is 5.75. The maximum Gasteiger partial charge on any atom is 0.272 e. The molecule has 170 valence electrons. The first-order valence-corrected chi connectivity index (χ1v) is 11.5. The van der Waals surface area contributed by atoms with E-state index >= 15 is 0 Å². The number of carbonyl (C=O) groups excluding carboxylic acids is 1. The summed E-state index contributed by atoms with van der Waals surface area (Å²) in [5, 5.41) is 5.37. The maximum absolute atomic E-state index is 13.4. The number of hydrogen-bond donors (Lipinski definition) is 1. The number of benzene rings is 3. The predicted molar refractivity (Wildman–Crippen MR) is 140 cm³/mol. The fraction of sp³-hybridized carbons (Fsp3) is 0.0667.